The van der Waals surface area contributed by atoms with E-state index in [0.717, 1.165) is 24.1 Å². The summed E-state index contributed by atoms with van der Waals surface area (Å²) in [5.74, 6) is -0.131. The maximum Gasteiger partial charge on any atom is 0.349 e. The third kappa shape index (κ3) is 4.30. The average molecular weight is 309 g/mol. The van der Waals surface area contributed by atoms with E-state index in [-0.39, 0.29) is 11.9 Å². The SMILES string of the molecule is Cc1ccc(C(=O)OC(C)C(=O)NC2CCCCC2C)s1. The predicted octanol–water partition coefficient (Wildman–Crippen LogP) is 3.30. The second-order valence-electron chi connectivity index (χ2n) is 5.83. The van der Waals surface area contributed by atoms with Crippen LogP contribution in [0.15, 0.2) is 12.1 Å². The molecule has 5 heteroatoms. The minimum absolute atomic E-state index is 0.199. The molecule has 0 bridgehead atoms. The number of rotatable bonds is 4. The van der Waals surface area contributed by atoms with E-state index in [1.807, 2.05) is 13.0 Å². The molecule has 1 aromatic rings. The van der Waals surface area contributed by atoms with Crippen molar-refractivity contribution in [3.63, 3.8) is 0 Å². The highest BCUT2D eigenvalue weighted by molar-refractivity contribution is 7.13. The van der Waals surface area contributed by atoms with Crippen LogP contribution in [0.3, 0.4) is 0 Å². The van der Waals surface area contributed by atoms with Gasteiger partial charge in [-0.1, -0.05) is 19.8 Å². The number of thiophene rings is 1. The lowest BCUT2D eigenvalue weighted by atomic mass is 9.86. The number of aryl methyl sites for hydroxylation is 1. The Balaban J connectivity index is 1.86. The van der Waals surface area contributed by atoms with Crippen molar-refractivity contribution in [1.82, 2.24) is 5.32 Å². The van der Waals surface area contributed by atoms with E-state index >= 15 is 0 Å². The molecule has 116 valence electrons. The molecule has 1 saturated carbocycles. The first-order valence-corrected chi connectivity index (χ1v) is 8.37. The van der Waals surface area contributed by atoms with Gasteiger partial charge >= 0.3 is 5.97 Å². The van der Waals surface area contributed by atoms with Crippen LogP contribution in [0.25, 0.3) is 0 Å². The molecule has 0 aliphatic heterocycles. The highest BCUT2D eigenvalue weighted by Gasteiger charge is 2.26. The van der Waals surface area contributed by atoms with Gasteiger partial charge in [-0.15, -0.1) is 11.3 Å². The first kappa shape index (κ1) is 16.0. The van der Waals surface area contributed by atoms with Crippen molar-refractivity contribution in [3.05, 3.63) is 21.9 Å². The monoisotopic (exact) mass is 309 g/mol. The molecule has 0 saturated heterocycles. The van der Waals surface area contributed by atoms with Gasteiger partial charge in [0.2, 0.25) is 0 Å². The average Bonchev–Trinajstić information content (AvgIpc) is 2.88. The molecular weight excluding hydrogens is 286 g/mol. The zero-order chi connectivity index (χ0) is 15.4. The molecule has 1 heterocycles. The normalized spacial score (nSPS) is 23.4. The molecule has 21 heavy (non-hydrogen) atoms. The van der Waals surface area contributed by atoms with E-state index in [1.54, 1.807) is 13.0 Å². The minimum Gasteiger partial charge on any atom is -0.448 e. The maximum atomic E-state index is 12.1. The van der Waals surface area contributed by atoms with Gasteiger partial charge in [0.25, 0.3) is 5.91 Å². The Kier molecular flexibility index (Phi) is 5.39. The van der Waals surface area contributed by atoms with Crippen LogP contribution in [0.1, 0.15) is 54.1 Å². The Morgan fingerprint density at radius 3 is 2.67 bits per heavy atom. The summed E-state index contributed by atoms with van der Waals surface area (Å²) in [6.07, 6.45) is 3.79. The predicted molar refractivity (Wildman–Crippen MR) is 83.5 cm³/mol. The number of nitrogens with one attached hydrogen (secondary N) is 1. The third-order valence-corrected chi connectivity index (χ3v) is 5.01. The van der Waals surface area contributed by atoms with Crippen LogP contribution in [-0.2, 0) is 9.53 Å². The topological polar surface area (TPSA) is 55.4 Å². The zero-order valence-electron chi connectivity index (χ0n) is 12.8. The molecule has 0 aromatic carbocycles. The van der Waals surface area contributed by atoms with Crippen LogP contribution in [-0.4, -0.2) is 24.0 Å². The fourth-order valence-electron chi connectivity index (χ4n) is 2.65. The number of esters is 1. The first-order valence-electron chi connectivity index (χ1n) is 7.55. The van der Waals surface area contributed by atoms with Gasteiger partial charge in [-0.25, -0.2) is 4.79 Å². The molecule has 3 atom stereocenters. The van der Waals surface area contributed by atoms with Crippen molar-refractivity contribution in [2.24, 2.45) is 5.92 Å². The molecule has 1 aliphatic carbocycles. The highest BCUT2D eigenvalue weighted by Crippen LogP contribution is 2.24. The summed E-state index contributed by atoms with van der Waals surface area (Å²) in [4.78, 5) is 25.7. The molecule has 1 aromatic heterocycles. The Labute approximate surface area is 129 Å². The van der Waals surface area contributed by atoms with Crippen molar-refractivity contribution in [1.29, 1.82) is 0 Å². The molecule has 1 fully saturated rings. The largest absolute Gasteiger partial charge is 0.448 e. The van der Waals surface area contributed by atoms with Crippen LogP contribution < -0.4 is 5.32 Å². The minimum atomic E-state index is -0.756. The summed E-state index contributed by atoms with van der Waals surface area (Å²) in [7, 11) is 0. The quantitative estimate of drug-likeness (QED) is 0.868. The standard InChI is InChI=1S/C16H23NO3S/c1-10-6-4-5-7-13(10)17-15(18)12(3)20-16(19)14-9-8-11(2)21-14/h8-10,12-13H,4-7H2,1-3H3,(H,17,18). The highest BCUT2D eigenvalue weighted by atomic mass is 32.1. The molecule has 1 amide bonds. The molecule has 3 unspecified atom stereocenters. The van der Waals surface area contributed by atoms with Gasteiger partial charge in [-0.2, -0.15) is 0 Å². The van der Waals surface area contributed by atoms with Gasteiger partial charge in [-0.3, -0.25) is 4.79 Å². The number of hydrogen-bond acceptors (Lipinski definition) is 4. The van der Waals surface area contributed by atoms with Gasteiger partial charge in [0.1, 0.15) is 4.88 Å². The molecule has 1 N–H and O–H groups in total. The van der Waals surface area contributed by atoms with Crippen molar-refractivity contribution >= 4 is 23.2 Å². The fourth-order valence-corrected chi connectivity index (χ4v) is 3.40. The number of amides is 1. The van der Waals surface area contributed by atoms with Crippen LogP contribution in [0.4, 0.5) is 0 Å². The maximum absolute atomic E-state index is 12.1. The summed E-state index contributed by atoms with van der Waals surface area (Å²) in [5, 5.41) is 3.02. The molecule has 2 rings (SSSR count). The Bertz CT molecular complexity index is 511. The van der Waals surface area contributed by atoms with E-state index in [0.29, 0.717) is 10.8 Å². The number of carbonyl (C=O) groups excluding carboxylic acids is 2. The van der Waals surface area contributed by atoms with E-state index < -0.39 is 12.1 Å². The van der Waals surface area contributed by atoms with Crippen LogP contribution in [0.5, 0.6) is 0 Å². The van der Waals surface area contributed by atoms with E-state index in [9.17, 15) is 9.59 Å². The zero-order valence-corrected chi connectivity index (χ0v) is 13.7. The second-order valence-corrected chi connectivity index (χ2v) is 7.12. The second kappa shape index (κ2) is 7.07. The van der Waals surface area contributed by atoms with Crippen molar-refractivity contribution in [3.8, 4) is 0 Å². The summed E-state index contributed by atoms with van der Waals surface area (Å²) >= 11 is 1.38. The lowest BCUT2D eigenvalue weighted by molar-refractivity contribution is -0.130. The Morgan fingerprint density at radius 2 is 2.05 bits per heavy atom. The van der Waals surface area contributed by atoms with E-state index in [2.05, 4.69) is 12.2 Å². The first-order chi connectivity index (χ1) is 9.97. The van der Waals surface area contributed by atoms with Crippen LogP contribution >= 0.6 is 11.3 Å². The van der Waals surface area contributed by atoms with Gasteiger partial charge in [-0.05, 0) is 44.7 Å². The van der Waals surface area contributed by atoms with Crippen molar-refractivity contribution < 1.29 is 14.3 Å². The van der Waals surface area contributed by atoms with Crippen molar-refractivity contribution in [2.75, 3.05) is 0 Å². The third-order valence-electron chi connectivity index (χ3n) is 4.03. The molecule has 0 spiro atoms. The lowest BCUT2D eigenvalue weighted by Crippen LogP contribution is -2.45. The van der Waals surface area contributed by atoms with E-state index in [4.69, 9.17) is 4.74 Å². The number of carbonyl (C=O) groups is 2. The molecule has 4 nitrogen and oxygen atoms in total. The Morgan fingerprint density at radius 1 is 1.33 bits per heavy atom. The van der Waals surface area contributed by atoms with Crippen LogP contribution in [0, 0.1) is 12.8 Å². The summed E-state index contributed by atoms with van der Waals surface area (Å²) in [6, 6.07) is 3.81. The summed E-state index contributed by atoms with van der Waals surface area (Å²) in [6.45, 7) is 5.72. The molecule has 1 aliphatic rings. The van der Waals surface area contributed by atoms with Gasteiger partial charge in [0, 0.05) is 10.9 Å². The summed E-state index contributed by atoms with van der Waals surface area (Å²) in [5.41, 5.74) is 0. The smallest absolute Gasteiger partial charge is 0.349 e. The Hall–Kier alpha value is -1.36. The summed E-state index contributed by atoms with van der Waals surface area (Å²) < 4.78 is 5.25. The number of ether oxygens (including phenoxy) is 1. The number of hydrogen-bond donors (Lipinski definition) is 1. The van der Waals surface area contributed by atoms with Crippen LogP contribution in [0.2, 0.25) is 0 Å². The fraction of sp³-hybridized carbons (Fsp3) is 0.625. The molecule has 0 radical (unpaired) electrons. The van der Waals surface area contributed by atoms with Gasteiger partial charge in [0.05, 0.1) is 0 Å². The lowest BCUT2D eigenvalue weighted by Gasteiger charge is -2.30. The van der Waals surface area contributed by atoms with E-state index in [1.165, 1.54) is 17.8 Å². The van der Waals surface area contributed by atoms with Gasteiger partial charge < -0.3 is 10.1 Å². The van der Waals surface area contributed by atoms with Gasteiger partial charge in [0.15, 0.2) is 6.10 Å². The van der Waals surface area contributed by atoms with Crippen molar-refractivity contribution in [2.45, 2.75) is 58.6 Å². The molecular formula is C16H23NO3S.